The van der Waals surface area contributed by atoms with Crippen molar-refractivity contribution in [3.05, 3.63) is 22.3 Å². The van der Waals surface area contributed by atoms with Gasteiger partial charge in [0, 0.05) is 23.0 Å². The van der Waals surface area contributed by atoms with E-state index in [1.165, 1.54) is 5.56 Å². The number of nitrogens with zero attached hydrogens (tertiary/aromatic N) is 1. The number of nitrogens with one attached hydrogen (secondary N) is 1. The van der Waals surface area contributed by atoms with E-state index in [0.29, 0.717) is 0 Å². The molecule has 1 heterocycles. The summed E-state index contributed by atoms with van der Waals surface area (Å²) in [6, 6.07) is 2.06. The fraction of sp³-hybridized carbons (Fsp3) is 0.444. The molecule has 1 N–H and O–H groups in total. The summed E-state index contributed by atoms with van der Waals surface area (Å²) in [5.41, 5.74) is 1.18. The van der Waals surface area contributed by atoms with Crippen LogP contribution in [0.4, 0.5) is 5.82 Å². The summed E-state index contributed by atoms with van der Waals surface area (Å²) >= 11 is 5.21. The van der Waals surface area contributed by atoms with Crippen LogP contribution >= 0.6 is 27.7 Å². The monoisotopic (exact) mass is 260 g/mol. The molecule has 0 spiro atoms. The molecule has 0 radical (unpaired) electrons. The van der Waals surface area contributed by atoms with Gasteiger partial charge in [0.05, 0.1) is 0 Å². The Bertz CT molecular complexity index is 278. The minimum atomic E-state index is 0.969. The molecule has 0 saturated heterocycles. The number of hydrogen-bond acceptors (Lipinski definition) is 3. The van der Waals surface area contributed by atoms with Crippen LogP contribution in [-0.2, 0) is 0 Å². The number of anilines is 1. The molecular weight excluding hydrogens is 248 g/mol. The number of rotatable bonds is 4. The highest BCUT2D eigenvalue weighted by Gasteiger charge is 1.98. The van der Waals surface area contributed by atoms with Crippen molar-refractivity contribution in [1.82, 2.24) is 4.98 Å². The van der Waals surface area contributed by atoms with Crippen LogP contribution in [0.1, 0.15) is 5.56 Å². The van der Waals surface area contributed by atoms with Crippen LogP contribution in [0.25, 0.3) is 0 Å². The van der Waals surface area contributed by atoms with Crippen LogP contribution in [0.5, 0.6) is 0 Å². The molecular formula is C9H13BrN2S. The maximum absolute atomic E-state index is 4.28. The fourth-order valence-electron chi connectivity index (χ4n) is 0.997. The Balaban J connectivity index is 2.56. The third-order valence-corrected chi connectivity index (χ3v) is 2.69. The predicted octanol–water partition coefficient (Wildman–Crippen LogP) is 2.93. The normalized spacial score (nSPS) is 10.1. The zero-order valence-electron chi connectivity index (χ0n) is 7.80. The van der Waals surface area contributed by atoms with E-state index in [4.69, 9.17) is 0 Å². The average Bonchev–Trinajstić information content (AvgIpc) is 2.09. The van der Waals surface area contributed by atoms with Gasteiger partial charge in [0.25, 0.3) is 0 Å². The smallest absolute Gasteiger partial charge is 0.128 e. The molecule has 0 fully saturated rings. The van der Waals surface area contributed by atoms with Crippen molar-refractivity contribution in [1.29, 1.82) is 0 Å². The average molecular weight is 261 g/mol. The van der Waals surface area contributed by atoms with Gasteiger partial charge in [0.15, 0.2) is 0 Å². The molecule has 0 aliphatic heterocycles. The number of aromatic nitrogens is 1. The third-order valence-electron chi connectivity index (χ3n) is 1.64. The molecule has 2 nitrogen and oxygen atoms in total. The molecule has 0 bridgehead atoms. The lowest BCUT2D eigenvalue weighted by Crippen LogP contribution is -2.06. The van der Waals surface area contributed by atoms with Gasteiger partial charge in [-0.05, 0) is 40.7 Å². The molecule has 72 valence electrons. The second-order valence-electron chi connectivity index (χ2n) is 2.74. The summed E-state index contributed by atoms with van der Waals surface area (Å²) in [6.45, 7) is 3.02. The Morgan fingerprint density at radius 2 is 2.38 bits per heavy atom. The Labute approximate surface area is 91.7 Å². The van der Waals surface area contributed by atoms with Crippen molar-refractivity contribution < 1.29 is 0 Å². The highest BCUT2D eigenvalue weighted by molar-refractivity contribution is 9.10. The van der Waals surface area contributed by atoms with Gasteiger partial charge in [0.1, 0.15) is 5.82 Å². The van der Waals surface area contributed by atoms with Gasteiger partial charge in [-0.25, -0.2) is 4.98 Å². The van der Waals surface area contributed by atoms with Crippen LogP contribution in [0.3, 0.4) is 0 Å². The summed E-state index contributed by atoms with van der Waals surface area (Å²) in [5, 5.41) is 3.29. The zero-order valence-corrected chi connectivity index (χ0v) is 10.2. The van der Waals surface area contributed by atoms with E-state index in [1.807, 2.05) is 18.0 Å². The summed E-state index contributed by atoms with van der Waals surface area (Å²) in [6.07, 6.45) is 3.91. The van der Waals surface area contributed by atoms with Gasteiger partial charge in [0.2, 0.25) is 0 Å². The first-order valence-corrected chi connectivity index (χ1v) is 6.27. The van der Waals surface area contributed by atoms with Gasteiger partial charge < -0.3 is 5.32 Å². The molecule has 1 aromatic heterocycles. The summed E-state index contributed by atoms with van der Waals surface area (Å²) in [5.74, 6) is 2.09. The van der Waals surface area contributed by atoms with Crippen molar-refractivity contribution >= 4 is 33.5 Å². The molecule has 0 saturated carbocycles. The van der Waals surface area contributed by atoms with Gasteiger partial charge in [-0.1, -0.05) is 0 Å². The second kappa shape index (κ2) is 5.50. The lowest BCUT2D eigenvalue weighted by molar-refractivity contribution is 1.14. The summed E-state index contributed by atoms with van der Waals surface area (Å²) in [7, 11) is 0. The highest BCUT2D eigenvalue weighted by Crippen LogP contribution is 2.16. The molecule has 1 aromatic rings. The minimum absolute atomic E-state index is 0.969. The standard InChI is InChI=1S/C9H13BrN2S/c1-7-5-8(10)6-12-9(7)11-3-4-13-2/h5-6H,3-4H2,1-2H3,(H,11,12). The summed E-state index contributed by atoms with van der Waals surface area (Å²) < 4.78 is 1.03. The van der Waals surface area contributed by atoms with Crippen molar-refractivity contribution in [3.63, 3.8) is 0 Å². The van der Waals surface area contributed by atoms with Crippen molar-refractivity contribution in [2.75, 3.05) is 23.9 Å². The first kappa shape index (κ1) is 10.9. The first-order valence-electron chi connectivity index (χ1n) is 4.09. The predicted molar refractivity (Wildman–Crippen MR) is 63.5 cm³/mol. The lowest BCUT2D eigenvalue weighted by Gasteiger charge is -2.07. The Morgan fingerprint density at radius 3 is 3.00 bits per heavy atom. The molecule has 0 aliphatic rings. The maximum Gasteiger partial charge on any atom is 0.128 e. The molecule has 0 aromatic carbocycles. The third kappa shape index (κ3) is 3.56. The van der Waals surface area contributed by atoms with Crippen molar-refractivity contribution in [3.8, 4) is 0 Å². The fourth-order valence-corrected chi connectivity index (χ4v) is 1.75. The number of pyridine rings is 1. The molecule has 4 heteroatoms. The van der Waals surface area contributed by atoms with Gasteiger partial charge in [-0.3, -0.25) is 0 Å². The summed E-state index contributed by atoms with van der Waals surface area (Å²) in [4.78, 5) is 4.28. The van der Waals surface area contributed by atoms with E-state index in [0.717, 1.165) is 22.6 Å². The second-order valence-corrected chi connectivity index (χ2v) is 4.64. The van der Waals surface area contributed by atoms with E-state index >= 15 is 0 Å². The van der Waals surface area contributed by atoms with Crippen molar-refractivity contribution in [2.45, 2.75) is 6.92 Å². The van der Waals surface area contributed by atoms with Gasteiger partial charge >= 0.3 is 0 Å². The lowest BCUT2D eigenvalue weighted by atomic mass is 10.3. The van der Waals surface area contributed by atoms with E-state index in [-0.39, 0.29) is 0 Å². The van der Waals surface area contributed by atoms with E-state index in [9.17, 15) is 0 Å². The zero-order chi connectivity index (χ0) is 9.68. The number of thioether (sulfide) groups is 1. The van der Waals surface area contributed by atoms with E-state index in [1.54, 1.807) is 0 Å². The SMILES string of the molecule is CSCCNc1ncc(Br)cc1C. The number of halogens is 1. The maximum atomic E-state index is 4.28. The topological polar surface area (TPSA) is 24.9 Å². The van der Waals surface area contributed by atoms with Crippen LogP contribution in [0.15, 0.2) is 16.7 Å². The highest BCUT2D eigenvalue weighted by atomic mass is 79.9. The van der Waals surface area contributed by atoms with Crippen molar-refractivity contribution in [2.24, 2.45) is 0 Å². The van der Waals surface area contributed by atoms with E-state index in [2.05, 4.69) is 45.5 Å². The Hall–Kier alpha value is -0.220. The number of hydrogen-bond donors (Lipinski definition) is 1. The largest absolute Gasteiger partial charge is 0.369 e. The van der Waals surface area contributed by atoms with Crippen LogP contribution in [0, 0.1) is 6.92 Å². The number of aryl methyl sites for hydroxylation is 1. The molecule has 0 unspecified atom stereocenters. The minimum Gasteiger partial charge on any atom is -0.369 e. The van der Waals surface area contributed by atoms with Crippen LogP contribution < -0.4 is 5.32 Å². The Kier molecular flexibility index (Phi) is 4.59. The first-order chi connectivity index (χ1) is 6.24. The van der Waals surface area contributed by atoms with Crippen LogP contribution in [-0.4, -0.2) is 23.5 Å². The van der Waals surface area contributed by atoms with Gasteiger partial charge in [-0.2, -0.15) is 11.8 Å². The molecule has 1 rings (SSSR count). The molecule has 0 amide bonds. The van der Waals surface area contributed by atoms with E-state index < -0.39 is 0 Å². The molecule has 0 aliphatic carbocycles. The van der Waals surface area contributed by atoms with Gasteiger partial charge in [-0.15, -0.1) is 0 Å². The Morgan fingerprint density at radius 1 is 1.62 bits per heavy atom. The van der Waals surface area contributed by atoms with Crippen LogP contribution in [0.2, 0.25) is 0 Å². The molecule has 13 heavy (non-hydrogen) atoms. The molecule has 0 atom stereocenters. The quantitative estimate of drug-likeness (QED) is 0.843.